The second kappa shape index (κ2) is 10.3. The molecule has 0 saturated carbocycles. The van der Waals surface area contributed by atoms with E-state index in [0.29, 0.717) is 6.54 Å². The molecule has 2 N–H and O–H groups in total. The molecule has 20 heavy (non-hydrogen) atoms. The maximum atomic E-state index is 11.3. The van der Waals surface area contributed by atoms with Gasteiger partial charge in [-0.15, -0.1) is 0 Å². The number of alkyl carbamates (subject to hydrolysis) is 1. The molecular formula is C14H27NO5. The summed E-state index contributed by atoms with van der Waals surface area (Å²) in [4.78, 5) is 21.4. The summed E-state index contributed by atoms with van der Waals surface area (Å²) in [6.45, 7) is 6.40. The highest BCUT2D eigenvalue weighted by molar-refractivity contribution is 5.67. The van der Waals surface area contributed by atoms with Gasteiger partial charge in [-0.25, -0.2) is 9.59 Å². The number of rotatable bonds is 9. The van der Waals surface area contributed by atoms with E-state index in [-0.39, 0.29) is 12.7 Å². The van der Waals surface area contributed by atoms with Crippen molar-refractivity contribution in [2.75, 3.05) is 13.2 Å². The first-order chi connectivity index (χ1) is 9.31. The van der Waals surface area contributed by atoms with Gasteiger partial charge in [0.25, 0.3) is 0 Å². The Labute approximate surface area is 120 Å². The molecule has 0 aliphatic heterocycles. The van der Waals surface area contributed by atoms with Gasteiger partial charge in [-0.05, 0) is 33.6 Å². The lowest BCUT2D eigenvalue weighted by Crippen LogP contribution is -2.32. The number of unbranched alkanes of at least 4 members (excludes halogenated alkanes) is 5. The molecule has 0 saturated heterocycles. The first-order valence-corrected chi connectivity index (χ1v) is 7.14. The Balaban J connectivity index is 3.25. The molecule has 0 aromatic rings. The molecule has 0 aromatic heterocycles. The van der Waals surface area contributed by atoms with Crippen LogP contribution in [0.5, 0.6) is 0 Å². The second-order valence-corrected chi connectivity index (χ2v) is 5.66. The van der Waals surface area contributed by atoms with Crippen LogP contribution in [0.4, 0.5) is 9.59 Å². The summed E-state index contributed by atoms with van der Waals surface area (Å²) in [5.41, 5.74) is -0.456. The minimum atomic E-state index is -1.21. The van der Waals surface area contributed by atoms with Crippen molar-refractivity contribution in [3.8, 4) is 0 Å². The first-order valence-electron chi connectivity index (χ1n) is 7.14. The highest BCUT2D eigenvalue weighted by Gasteiger charge is 2.15. The summed E-state index contributed by atoms with van der Waals surface area (Å²) in [6, 6.07) is 0. The molecule has 0 fully saturated rings. The Morgan fingerprint density at radius 1 is 1.00 bits per heavy atom. The molecule has 0 radical (unpaired) electrons. The lowest BCUT2D eigenvalue weighted by molar-refractivity contribution is 0.0526. The zero-order chi connectivity index (χ0) is 15.4. The minimum absolute atomic E-state index is 0.273. The van der Waals surface area contributed by atoms with Crippen LogP contribution in [-0.4, -0.2) is 36.1 Å². The molecular weight excluding hydrogens is 262 g/mol. The van der Waals surface area contributed by atoms with Crippen LogP contribution < -0.4 is 5.32 Å². The molecule has 0 aliphatic rings. The number of carbonyl (C=O) groups excluding carboxylic acids is 1. The Bertz CT molecular complexity index is 286. The number of hydrogen-bond acceptors (Lipinski definition) is 4. The average molecular weight is 289 g/mol. The Morgan fingerprint density at radius 3 is 2.10 bits per heavy atom. The van der Waals surface area contributed by atoms with Gasteiger partial charge < -0.3 is 19.9 Å². The van der Waals surface area contributed by atoms with E-state index in [2.05, 4.69) is 10.1 Å². The summed E-state index contributed by atoms with van der Waals surface area (Å²) >= 11 is 0. The van der Waals surface area contributed by atoms with E-state index in [1.54, 1.807) is 0 Å². The third-order valence-electron chi connectivity index (χ3n) is 2.46. The molecule has 0 aliphatic carbocycles. The largest absolute Gasteiger partial charge is 0.505 e. The van der Waals surface area contributed by atoms with Crippen molar-refractivity contribution in [2.24, 2.45) is 0 Å². The number of nitrogens with one attached hydrogen (secondary N) is 1. The zero-order valence-electron chi connectivity index (χ0n) is 12.7. The van der Waals surface area contributed by atoms with Gasteiger partial charge in [0, 0.05) is 6.54 Å². The standard InChI is InChI=1S/C14H27NO5/c1-14(2,3)20-12(16)15-10-8-6-4-5-7-9-11-19-13(17)18/h4-11H2,1-3H3,(H,15,16)(H,17,18). The Kier molecular flexibility index (Phi) is 9.59. The van der Waals surface area contributed by atoms with E-state index >= 15 is 0 Å². The van der Waals surface area contributed by atoms with Gasteiger partial charge in [0.15, 0.2) is 0 Å². The Morgan fingerprint density at radius 2 is 1.55 bits per heavy atom. The maximum absolute atomic E-state index is 11.3. The molecule has 0 atom stereocenters. The summed E-state index contributed by atoms with van der Waals surface area (Å²) in [5.74, 6) is 0. The van der Waals surface area contributed by atoms with Crippen molar-refractivity contribution < 1.29 is 24.2 Å². The van der Waals surface area contributed by atoms with E-state index < -0.39 is 11.8 Å². The number of carbonyl (C=O) groups is 2. The maximum Gasteiger partial charge on any atom is 0.505 e. The van der Waals surface area contributed by atoms with Gasteiger partial charge in [0.2, 0.25) is 0 Å². The second-order valence-electron chi connectivity index (χ2n) is 5.66. The van der Waals surface area contributed by atoms with Crippen LogP contribution in [0.3, 0.4) is 0 Å². The molecule has 0 unspecified atom stereocenters. The number of carboxylic acid groups (broad SMARTS) is 1. The van der Waals surface area contributed by atoms with Gasteiger partial charge >= 0.3 is 12.2 Å². The topological polar surface area (TPSA) is 84.9 Å². The van der Waals surface area contributed by atoms with Gasteiger partial charge in [-0.1, -0.05) is 25.7 Å². The average Bonchev–Trinajstić information content (AvgIpc) is 2.28. The highest BCUT2D eigenvalue weighted by Crippen LogP contribution is 2.07. The lowest BCUT2D eigenvalue weighted by Gasteiger charge is -2.19. The third-order valence-corrected chi connectivity index (χ3v) is 2.46. The van der Waals surface area contributed by atoms with Gasteiger partial charge in [-0.2, -0.15) is 0 Å². The van der Waals surface area contributed by atoms with Crippen molar-refractivity contribution in [3.05, 3.63) is 0 Å². The molecule has 6 heteroatoms. The number of ether oxygens (including phenoxy) is 2. The predicted molar refractivity (Wildman–Crippen MR) is 75.9 cm³/mol. The third kappa shape index (κ3) is 14.6. The summed E-state index contributed by atoms with van der Waals surface area (Å²) < 4.78 is 9.53. The van der Waals surface area contributed by atoms with E-state index in [1.165, 1.54) is 0 Å². The highest BCUT2D eigenvalue weighted by atomic mass is 16.7. The predicted octanol–water partition coefficient (Wildman–Crippen LogP) is 3.55. The molecule has 0 spiro atoms. The van der Waals surface area contributed by atoms with E-state index in [4.69, 9.17) is 9.84 Å². The van der Waals surface area contributed by atoms with E-state index in [1.807, 2.05) is 20.8 Å². The van der Waals surface area contributed by atoms with E-state index in [0.717, 1.165) is 38.5 Å². The Hall–Kier alpha value is -1.46. The van der Waals surface area contributed by atoms with Crippen molar-refractivity contribution in [1.29, 1.82) is 0 Å². The fraction of sp³-hybridized carbons (Fsp3) is 0.857. The molecule has 6 nitrogen and oxygen atoms in total. The quantitative estimate of drug-likeness (QED) is 0.501. The molecule has 0 bridgehead atoms. The van der Waals surface area contributed by atoms with Gasteiger partial charge in [0.05, 0.1) is 6.61 Å². The van der Waals surface area contributed by atoms with Crippen molar-refractivity contribution in [1.82, 2.24) is 5.32 Å². The van der Waals surface area contributed by atoms with Crippen molar-refractivity contribution in [3.63, 3.8) is 0 Å². The zero-order valence-corrected chi connectivity index (χ0v) is 12.7. The van der Waals surface area contributed by atoms with Crippen molar-refractivity contribution >= 4 is 12.2 Å². The lowest BCUT2D eigenvalue weighted by atomic mass is 10.1. The SMILES string of the molecule is CC(C)(C)OC(=O)NCCCCCCCCOC(=O)O. The van der Waals surface area contributed by atoms with Crippen LogP contribution in [0.25, 0.3) is 0 Å². The summed E-state index contributed by atoms with van der Waals surface area (Å²) in [7, 11) is 0. The van der Waals surface area contributed by atoms with E-state index in [9.17, 15) is 9.59 Å². The van der Waals surface area contributed by atoms with Crippen LogP contribution in [0.15, 0.2) is 0 Å². The summed E-state index contributed by atoms with van der Waals surface area (Å²) in [6.07, 6.45) is 4.23. The van der Waals surface area contributed by atoms with Crippen LogP contribution in [0.1, 0.15) is 59.3 Å². The monoisotopic (exact) mass is 289 g/mol. The van der Waals surface area contributed by atoms with Crippen LogP contribution in [-0.2, 0) is 9.47 Å². The van der Waals surface area contributed by atoms with Crippen LogP contribution in [0, 0.1) is 0 Å². The first kappa shape index (κ1) is 18.5. The van der Waals surface area contributed by atoms with Crippen LogP contribution in [0.2, 0.25) is 0 Å². The van der Waals surface area contributed by atoms with Crippen LogP contribution >= 0.6 is 0 Å². The molecule has 0 heterocycles. The smallest absolute Gasteiger partial charge is 0.450 e. The molecule has 0 rings (SSSR count). The molecule has 1 amide bonds. The van der Waals surface area contributed by atoms with Gasteiger partial charge in [0.1, 0.15) is 5.60 Å². The van der Waals surface area contributed by atoms with Crippen molar-refractivity contribution in [2.45, 2.75) is 64.9 Å². The fourth-order valence-corrected chi connectivity index (χ4v) is 1.60. The van der Waals surface area contributed by atoms with Gasteiger partial charge in [-0.3, -0.25) is 0 Å². The molecule has 118 valence electrons. The fourth-order valence-electron chi connectivity index (χ4n) is 1.60. The normalized spacial score (nSPS) is 10.9. The number of hydrogen-bond donors (Lipinski definition) is 2. The minimum Gasteiger partial charge on any atom is -0.450 e. The molecule has 0 aromatic carbocycles. The number of amides is 1. The summed E-state index contributed by atoms with van der Waals surface area (Å²) in [5, 5.41) is 11.0.